The van der Waals surface area contributed by atoms with Gasteiger partial charge < -0.3 is 10.1 Å². The summed E-state index contributed by atoms with van der Waals surface area (Å²) < 4.78 is 5.74. The molecule has 3 nitrogen and oxygen atoms in total. The van der Waals surface area contributed by atoms with Crippen LogP contribution in [0.3, 0.4) is 0 Å². The van der Waals surface area contributed by atoms with Crippen LogP contribution < -0.4 is 10.1 Å². The number of pyridine rings is 1. The van der Waals surface area contributed by atoms with E-state index in [1.54, 1.807) is 12.3 Å². The summed E-state index contributed by atoms with van der Waals surface area (Å²) >= 11 is 12.2. The highest BCUT2D eigenvalue weighted by Crippen LogP contribution is 2.33. The molecular weight excluding hydrogens is 343 g/mol. The highest BCUT2D eigenvalue weighted by atomic mass is 35.5. The molecule has 5 heteroatoms. The second-order valence-corrected chi connectivity index (χ2v) is 6.68. The molecule has 2 unspecified atom stereocenters. The normalized spacial score (nSPS) is 19.9. The third kappa shape index (κ3) is 4.02. The van der Waals surface area contributed by atoms with E-state index >= 15 is 0 Å². The highest BCUT2D eigenvalue weighted by molar-refractivity contribution is 6.42. The van der Waals surface area contributed by atoms with E-state index in [1.807, 2.05) is 18.2 Å². The maximum absolute atomic E-state index is 6.15. The smallest absolute Gasteiger partial charge is 0.213 e. The Bertz CT molecular complexity index is 740. The summed E-state index contributed by atoms with van der Waals surface area (Å²) in [4.78, 5) is 4.20. The summed E-state index contributed by atoms with van der Waals surface area (Å²) in [6.07, 6.45) is 7.90. The predicted octanol–water partition coefficient (Wildman–Crippen LogP) is 4.14. The van der Waals surface area contributed by atoms with Crippen molar-refractivity contribution in [1.82, 2.24) is 10.3 Å². The van der Waals surface area contributed by atoms with Gasteiger partial charge in [0, 0.05) is 30.3 Å². The van der Waals surface area contributed by atoms with E-state index in [0.29, 0.717) is 34.4 Å². The quantitative estimate of drug-likeness (QED) is 0.813. The number of nitrogens with zero attached hydrogens (tertiary/aromatic N) is 1. The van der Waals surface area contributed by atoms with Crippen LogP contribution in [-0.2, 0) is 0 Å². The molecule has 0 amide bonds. The molecule has 2 atom stereocenters. The predicted molar refractivity (Wildman–Crippen MR) is 97.8 cm³/mol. The molecule has 1 fully saturated rings. The molecule has 1 saturated heterocycles. The van der Waals surface area contributed by atoms with Crippen LogP contribution in [0.2, 0.25) is 10.0 Å². The fourth-order valence-electron chi connectivity index (χ4n) is 3.04. The number of aromatic nitrogens is 1. The van der Waals surface area contributed by atoms with E-state index in [1.165, 1.54) is 5.56 Å². The Morgan fingerprint density at radius 2 is 2.08 bits per heavy atom. The molecule has 0 radical (unpaired) electrons. The van der Waals surface area contributed by atoms with Crippen molar-refractivity contribution in [2.45, 2.75) is 12.3 Å². The molecule has 0 spiro atoms. The average Bonchev–Trinajstić information content (AvgIpc) is 3.06. The lowest BCUT2D eigenvalue weighted by Gasteiger charge is -2.19. The molecule has 1 N–H and O–H groups in total. The summed E-state index contributed by atoms with van der Waals surface area (Å²) in [5, 5.41) is 4.65. The summed E-state index contributed by atoms with van der Waals surface area (Å²) in [7, 11) is 0. The Labute approximate surface area is 152 Å². The van der Waals surface area contributed by atoms with Crippen molar-refractivity contribution in [3.8, 4) is 18.2 Å². The number of hydrogen-bond acceptors (Lipinski definition) is 3. The first-order valence-corrected chi connectivity index (χ1v) is 8.64. The first-order chi connectivity index (χ1) is 11.7. The minimum atomic E-state index is 0.417. The van der Waals surface area contributed by atoms with Crippen molar-refractivity contribution >= 4 is 23.2 Å². The van der Waals surface area contributed by atoms with E-state index in [9.17, 15) is 0 Å². The van der Waals surface area contributed by atoms with Gasteiger partial charge in [-0.2, -0.15) is 0 Å². The van der Waals surface area contributed by atoms with E-state index in [-0.39, 0.29) is 0 Å². The van der Waals surface area contributed by atoms with Gasteiger partial charge in [-0.05, 0) is 42.6 Å². The molecule has 3 rings (SSSR count). The number of terminal acetylenes is 1. The second kappa shape index (κ2) is 7.90. The number of halogens is 2. The SMILES string of the molecule is C#Cc1ccc(OCCC2CNCC2c2ccc(Cl)c(Cl)c2)nc1. The van der Waals surface area contributed by atoms with Crippen LogP contribution in [-0.4, -0.2) is 24.7 Å². The fourth-order valence-corrected chi connectivity index (χ4v) is 3.34. The first kappa shape index (κ1) is 17.1. The maximum Gasteiger partial charge on any atom is 0.213 e. The maximum atomic E-state index is 6.15. The van der Waals surface area contributed by atoms with Gasteiger partial charge in [-0.1, -0.05) is 35.2 Å². The number of ether oxygens (including phenoxy) is 1. The van der Waals surface area contributed by atoms with Crippen LogP contribution in [0.4, 0.5) is 0 Å². The number of benzene rings is 1. The highest BCUT2D eigenvalue weighted by Gasteiger charge is 2.28. The lowest BCUT2D eigenvalue weighted by Crippen LogP contribution is -2.15. The third-order valence-corrected chi connectivity index (χ3v) is 5.09. The van der Waals surface area contributed by atoms with E-state index in [2.05, 4.69) is 22.3 Å². The van der Waals surface area contributed by atoms with Gasteiger partial charge in [-0.25, -0.2) is 4.98 Å². The Morgan fingerprint density at radius 3 is 2.79 bits per heavy atom. The average molecular weight is 361 g/mol. The molecule has 24 heavy (non-hydrogen) atoms. The van der Waals surface area contributed by atoms with Crippen LogP contribution in [0, 0.1) is 18.3 Å². The largest absolute Gasteiger partial charge is 0.478 e. The van der Waals surface area contributed by atoms with Crippen LogP contribution in [0.5, 0.6) is 5.88 Å². The summed E-state index contributed by atoms with van der Waals surface area (Å²) in [6, 6.07) is 9.52. The standard InChI is InChI=1S/C19H18Cl2N2O/c1-2-13-3-6-19(23-10-13)24-8-7-15-11-22-12-16(15)14-4-5-17(20)18(21)9-14/h1,3-6,9-10,15-16,22H,7-8,11-12H2. The zero-order chi connectivity index (χ0) is 16.9. The van der Waals surface area contributed by atoms with Crippen molar-refractivity contribution in [2.24, 2.45) is 5.92 Å². The molecule has 0 saturated carbocycles. The van der Waals surface area contributed by atoms with Crippen LogP contribution in [0.1, 0.15) is 23.5 Å². The van der Waals surface area contributed by atoms with Gasteiger partial charge in [0.1, 0.15) is 0 Å². The van der Waals surface area contributed by atoms with Gasteiger partial charge in [0.2, 0.25) is 5.88 Å². The number of nitrogens with one attached hydrogen (secondary N) is 1. The summed E-state index contributed by atoms with van der Waals surface area (Å²) in [6.45, 7) is 2.53. The van der Waals surface area contributed by atoms with Crippen molar-refractivity contribution in [2.75, 3.05) is 19.7 Å². The van der Waals surface area contributed by atoms with E-state index in [4.69, 9.17) is 34.4 Å². The van der Waals surface area contributed by atoms with Crippen molar-refractivity contribution < 1.29 is 4.74 Å². The zero-order valence-electron chi connectivity index (χ0n) is 13.1. The monoisotopic (exact) mass is 360 g/mol. The number of rotatable bonds is 5. The Hall–Kier alpha value is -1.73. The van der Waals surface area contributed by atoms with Gasteiger partial charge in [0.25, 0.3) is 0 Å². The lowest BCUT2D eigenvalue weighted by atomic mass is 9.87. The molecule has 2 heterocycles. The molecule has 124 valence electrons. The zero-order valence-corrected chi connectivity index (χ0v) is 14.6. The Kier molecular flexibility index (Phi) is 5.63. The van der Waals surface area contributed by atoms with Gasteiger partial charge in [0.15, 0.2) is 0 Å². The molecule has 1 aliphatic heterocycles. The molecule has 1 aromatic heterocycles. The van der Waals surface area contributed by atoms with E-state index < -0.39 is 0 Å². The van der Waals surface area contributed by atoms with Crippen molar-refractivity contribution in [3.05, 3.63) is 57.7 Å². The van der Waals surface area contributed by atoms with Gasteiger partial charge >= 0.3 is 0 Å². The summed E-state index contributed by atoms with van der Waals surface area (Å²) in [5.74, 6) is 4.05. The van der Waals surface area contributed by atoms with E-state index in [0.717, 1.165) is 25.1 Å². The summed E-state index contributed by atoms with van der Waals surface area (Å²) in [5.41, 5.74) is 1.97. The van der Waals surface area contributed by atoms with Gasteiger partial charge in [0.05, 0.1) is 16.7 Å². The molecule has 0 bridgehead atoms. The first-order valence-electron chi connectivity index (χ1n) is 7.88. The van der Waals surface area contributed by atoms with Gasteiger partial charge in [-0.15, -0.1) is 6.42 Å². The topological polar surface area (TPSA) is 34.1 Å². The van der Waals surface area contributed by atoms with Crippen molar-refractivity contribution in [3.63, 3.8) is 0 Å². The van der Waals surface area contributed by atoms with Crippen LogP contribution in [0.15, 0.2) is 36.5 Å². The van der Waals surface area contributed by atoms with Gasteiger partial charge in [-0.3, -0.25) is 0 Å². The molecular formula is C19H18Cl2N2O. The lowest BCUT2D eigenvalue weighted by molar-refractivity contribution is 0.267. The molecule has 0 aliphatic carbocycles. The third-order valence-electron chi connectivity index (χ3n) is 4.35. The fraction of sp³-hybridized carbons (Fsp3) is 0.316. The second-order valence-electron chi connectivity index (χ2n) is 5.86. The molecule has 2 aromatic rings. The van der Waals surface area contributed by atoms with Crippen molar-refractivity contribution in [1.29, 1.82) is 0 Å². The minimum absolute atomic E-state index is 0.417. The Morgan fingerprint density at radius 1 is 1.21 bits per heavy atom. The molecule has 1 aliphatic rings. The van der Waals surface area contributed by atoms with Crippen LogP contribution in [0.25, 0.3) is 0 Å². The minimum Gasteiger partial charge on any atom is -0.478 e. The molecule has 1 aromatic carbocycles. The van der Waals surface area contributed by atoms with Crippen LogP contribution >= 0.6 is 23.2 Å². The Balaban J connectivity index is 1.57. The number of hydrogen-bond donors (Lipinski definition) is 1.